The number of piperidine rings is 1. The van der Waals surface area contributed by atoms with Gasteiger partial charge in [-0.05, 0) is 51.8 Å². The van der Waals surface area contributed by atoms with Gasteiger partial charge >= 0.3 is 6.09 Å². The fourth-order valence-corrected chi connectivity index (χ4v) is 6.30. The monoisotopic (exact) mass is 687 g/mol. The maximum atomic E-state index is 16.0. The molecule has 1 unspecified atom stereocenters. The maximum Gasteiger partial charge on any atom is 0.410 e. The predicted octanol–water partition coefficient (Wildman–Crippen LogP) is 4.79. The number of fused-ring (bicyclic) bond motifs is 1. The standard InChI is InChI=1S/C32H39F2N7O6S/c1-32(2,3)47-31(43)38-13-10-20(11-14-38)40-19-36-23-9-8-21(16-22(23)30(40)42)39(18-26-35-12-15-41(26)48(44)37(4)5)29-27(33)24(45-6)17-25(46-7)28(29)34/h8-9,12,15-17,19-20H,10-11,13-14,18H2,1-7H3. The van der Waals surface area contributed by atoms with Crippen LogP contribution in [0.15, 0.2) is 47.8 Å². The van der Waals surface area contributed by atoms with E-state index in [1.165, 1.54) is 56.8 Å². The minimum absolute atomic E-state index is 0.213. The van der Waals surface area contributed by atoms with Gasteiger partial charge in [0.2, 0.25) is 0 Å². The molecular weight excluding hydrogens is 648 g/mol. The maximum absolute atomic E-state index is 16.0. The average Bonchev–Trinajstić information content (AvgIpc) is 3.51. The molecule has 4 aromatic rings. The van der Waals surface area contributed by atoms with E-state index in [1.807, 2.05) is 0 Å². The summed E-state index contributed by atoms with van der Waals surface area (Å²) in [7, 11) is 5.73. The summed E-state index contributed by atoms with van der Waals surface area (Å²) in [5, 5.41) is 0.213. The summed E-state index contributed by atoms with van der Waals surface area (Å²) < 4.78 is 65.3. The Balaban J connectivity index is 1.57. The molecule has 258 valence electrons. The molecule has 5 rings (SSSR count). The molecular formula is C32H39F2N7O6S. The van der Waals surface area contributed by atoms with Gasteiger partial charge < -0.3 is 28.6 Å². The molecule has 1 aliphatic heterocycles. The second-order valence-corrected chi connectivity index (χ2v) is 14.0. The quantitative estimate of drug-likeness (QED) is 0.227. The molecule has 0 saturated carbocycles. The van der Waals surface area contributed by atoms with Crippen molar-refractivity contribution in [3.63, 3.8) is 0 Å². The van der Waals surface area contributed by atoms with Gasteiger partial charge in [0.25, 0.3) is 5.56 Å². The van der Waals surface area contributed by atoms with Crippen LogP contribution in [-0.2, 0) is 22.8 Å². The van der Waals surface area contributed by atoms with Crippen LogP contribution in [0.1, 0.15) is 45.5 Å². The van der Waals surface area contributed by atoms with Crippen LogP contribution >= 0.6 is 0 Å². The molecule has 2 aromatic carbocycles. The largest absolute Gasteiger partial charge is 0.573 e. The molecule has 3 heterocycles. The minimum atomic E-state index is -1.68. The molecule has 0 spiro atoms. The Morgan fingerprint density at radius 2 is 1.71 bits per heavy atom. The first-order chi connectivity index (χ1) is 22.7. The summed E-state index contributed by atoms with van der Waals surface area (Å²) in [5.74, 6) is -2.33. The number of imidazole rings is 1. The van der Waals surface area contributed by atoms with Gasteiger partial charge in [0.15, 0.2) is 40.5 Å². The lowest BCUT2D eigenvalue weighted by Crippen LogP contribution is -2.43. The fraction of sp³-hybridized carbons (Fsp3) is 0.438. The summed E-state index contributed by atoms with van der Waals surface area (Å²) in [6.45, 7) is 5.96. The van der Waals surface area contributed by atoms with Gasteiger partial charge in [0.1, 0.15) is 11.3 Å². The zero-order valence-electron chi connectivity index (χ0n) is 27.9. The van der Waals surface area contributed by atoms with Crippen molar-refractivity contribution in [2.24, 2.45) is 0 Å². The third-order valence-corrected chi connectivity index (χ3v) is 9.16. The smallest absolute Gasteiger partial charge is 0.410 e. The number of carbonyl (C=O) groups is 1. The van der Waals surface area contributed by atoms with E-state index < -0.39 is 40.6 Å². The highest BCUT2D eigenvalue weighted by molar-refractivity contribution is 7.87. The summed E-state index contributed by atoms with van der Waals surface area (Å²) in [5.41, 5.74) is -0.877. The van der Waals surface area contributed by atoms with Crippen molar-refractivity contribution in [2.45, 2.75) is 51.8 Å². The van der Waals surface area contributed by atoms with Crippen molar-refractivity contribution in [3.8, 4) is 11.5 Å². The zero-order valence-corrected chi connectivity index (χ0v) is 28.7. The third-order valence-electron chi connectivity index (χ3n) is 7.87. The van der Waals surface area contributed by atoms with E-state index in [1.54, 1.807) is 51.9 Å². The van der Waals surface area contributed by atoms with Crippen molar-refractivity contribution in [1.29, 1.82) is 0 Å². The van der Waals surface area contributed by atoms with E-state index >= 15 is 8.78 Å². The number of hydrogen-bond acceptors (Lipinski definition) is 10. The molecule has 1 amide bonds. The Morgan fingerprint density at radius 1 is 1.06 bits per heavy atom. The number of rotatable bonds is 9. The molecule has 0 bridgehead atoms. The first-order valence-corrected chi connectivity index (χ1v) is 16.3. The topological polar surface area (TPSA) is 130 Å². The summed E-state index contributed by atoms with van der Waals surface area (Å²) in [6, 6.07) is 5.55. The summed E-state index contributed by atoms with van der Waals surface area (Å²) in [4.78, 5) is 38.3. The van der Waals surface area contributed by atoms with E-state index in [9.17, 15) is 14.1 Å². The van der Waals surface area contributed by atoms with Gasteiger partial charge in [-0.2, -0.15) is 0 Å². The predicted molar refractivity (Wildman–Crippen MR) is 177 cm³/mol. The van der Waals surface area contributed by atoms with E-state index in [-0.39, 0.29) is 46.5 Å². The number of aromatic nitrogens is 4. The molecule has 0 N–H and O–H groups in total. The van der Waals surface area contributed by atoms with E-state index in [0.29, 0.717) is 31.4 Å². The Hall–Kier alpha value is -4.41. The molecule has 1 aliphatic rings. The van der Waals surface area contributed by atoms with Crippen LogP contribution in [0.4, 0.5) is 25.0 Å². The zero-order chi connectivity index (χ0) is 34.9. The van der Waals surface area contributed by atoms with Crippen LogP contribution in [0.2, 0.25) is 0 Å². The van der Waals surface area contributed by atoms with Crippen molar-refractivity contribution in [2.75, 3.05) is 46.3 Å². The van der Waals surface area contributed by atoms with Crippen molar-refractivity contribution < 1.29 is 32.3 Å². The molecule has 0 aliphatic carbocycles. The Labute approximate surface area is 280 Å². The average molecular weight is 688 g/mol. The van der Waals surface area contributed by atoms with Crippen LogP contribution in [-0.4, -0.2) is 85.4 Å². The van der Waals surface area contributed by atoms with Gasteiger partial charge in [-0.1, -0.05) is 0 Å². The number of benzene rings is 2. The van der Waals surface area contributed by atoms with Crippen molar-refractivity contribution in [3.05, 3.63) is 70.8 Å². The van der Waals surface area contributed by atoms with E-state index in [2.05, 4.69) is 9.97 Å². The number of ether oxygens (including phenoxy) is 3. The van der Waals surface area contributed by atoms with Crippen LogP contribution in [0.5, 0.6) is 11.5 Å². The molecule has 1 saturated heterocycles. The summed E-state index contributed by atoms with van der Waals surface area (Å²) in [6.07, 6.45) is 5.02. The number of methoxy groups -OCH3 is 2. The number of halogens is 2. The lowest BCUT2D eigenvalue weighted by atomic mass is 10.0. The number of likely N-dealkylation sites (tertiary alicyclic amines) is 1. The fourth-order valence-electron chi connectivity index (χ4n) is 5.51. The SMILES string of the molecule is COc1cc(OC)c(F)c(N(Cc2nccn2[S+]([O-])N(C)C)c2ccc3ncn(C4CCN(C(=O)OC(C)(C)C)CC4)c(=O)c3c2)c1F. The van der Waals surface area contributed by atoms with Gasteiger partial charge in [0.05, 0.1) is 50.4 Å². The molecule has 1 fully saturated rings. The molecule has 0 radical (unpaired) electrons. The highest BCUT2D eigenvalue weighted by atomic mass is 32.2. The highest BCUT2D eigenvalue weighted by Crippen LogP contribution is 2.41. The Morgan fingerprint density at radius 3 is 2.29 bits per heavy atom. The van der Waals surface area contributed by atoms with Gasteiger partial charge in [-0.15, -0.1) is 8.28 Å². The van der Waals surface area contributed by atoms with Crippen LogP contribution in [0.3, 0.4) is 0 Å². The highest BCUT2D eigenvalue weighted by Gasteiger charge is 2.31. The Bertz CT molecular complexity index is 1820. The Kier molecular flexibility index (Phi) is 10.2. The van der Waals surface area contributed by atoms with E-state index in [0.717, 1.165) is 6.07 Å². The van der Waals surface area contributed by atoms with Crippen molar-refractivity contribution in [1.82, 2.24) is 27.7 Å². The van der Waals surface area contributed by atoms with Crippen LogP contribution < -0.4 is 19.9 Å². The first kappa shape index (κ1) is 34.9. The van der Waals surface area contributed by atoms with E-state index in [4.69, 9.17) is 14.2 Å². The van der Waals surface area contributed by atoms with Crippen LogP contribution in [0.25, 0.3) is 10.9 Å². The molecule has 16 heteroatoms. The third kappa shape index (κ3) is 7.05. The molecule has 1 atom stereocenters. The number of hydrogen-bond donors (Lipinski definition) is 0. The van der Waals surface area contributed by atoms with Gasteiger partial charge in [0, 0.05) is 45.0 Å². The lowest BCUT2D eigenvalue weighted by molar-refractivity contribution is 0.0187. The molecule has 48 heavy (non-hydrogen) atoms. The molecule has 2 aromatic heterocycles. The molecule has 13 nitrogen and oxygen atoms in total. The second-order valence-electron chi connectivity index (χ2n) is 12.4. The normalized spacial score (nSPS) is 14.8. The van der Waals surface area contributed by atoms with Crippen molar-refractivity contribution >= 4 is 39.9 Å². The number of anilines is 2. The number of nitrogens with zero attached hydrogens (tertiary/aromatic N) is 7. The van der Waals surface area contributed by atoms with Gasteiger partial charge in [-0.25, -0.2) is 23.5 Å². The number of carbonyl (C=O) groups excluding carboxylic acids is 1. The lowest BCUT2D eigenvalue weighted by Gasteiger charge is -2.34. The number of amides is 1. The second kappa shape index (κ2) is 14.0. The summed E-state index contributed by atoms with van der Waals surface area (Å²) >= 11 is -1.68. The minimum Gasteiger partial charge on any atom is -0.573 e. The van der Waals surface area contributed by atoms with Crippen LogP contribution in [0, 0.1) is 11.6 Å². The first-order valence-electron chi connectivity index (χ1n) is 15.2. The van der Waals surface area contributed by atoms with Gasteiger partial charge in [-0.3, -0.25) is 9.36 Å².